The van der Waals surface area contributed by atoms with Crippen molar-refractivity contribution in [2.24, 2.45) is 0 Å². The van der Waals surface area contributed by atoms with Crippen molar-refractivity contribution in [3.63, 3.8) is 0 Å². The van der Waals surface area contributed by atoms with Gasteiger partial charge in [0.25, 0.3) is 0 Å². The number of carbonyl (C=O) groups is 1. The maximum absolute atomic E-state index is 10.8. The first-order valence-corrected chi connectivity index (χ1v) is 14.0. The molecule has 0 unspecified atom stereocenters. The van der Waals surface area contributed by atoms with Gasteiger partial charge in [-0.05, 0) is 49.7 Å². The van der Waals surface area contributed by atoms with Gasteiger partial charge >= 0.3 is 5.97 Å². The number of benzene rings is 1. The van der Waals surface area contributed by atoms with Gasteiger partial charge in [-0.2, -0.15) is 0 Å². The minimum Gasteiger partial charge on any atom is -0.480 e. The highest BCUT2D eigenvalue weighted by atomic mass is 35.5. The van der Waals surface area contributed by atoms with Gasteiger partial charge in [0.05, 0.1) is 24.2 Å². The Balaban J connectivity index is 1.32. The average molecular weight is 588 g/mol. The van der Waals surface area contributed by atoms with Crippen molar-refractivity contribution in [2.45, 2.75) is 25.5 Å². The first-order chi connectivity index (χ1) is 19.3. The molecule has 1 N–H and O–H groups in total. The number of hydrogen-bond acceptors (Lipinski definition) is 9. The lowest BCUT2D eigenvalue weighted by Crippen LogP contribution is -2.45. The molecule has 0 bridgehead atoms. The molecule has 212 valence electrons. The van der Waals surface area contributed by atoms with Crippen molar-refractivity contribution in [2.75, 3.05) is 57.8 Å². The van der Waals surface area contributed by atoms with Crippen molar-refractivity contribution in [3.05, 3.63) is 58.3 Å². The Morgan fingerprint density at radius 2 is 1.65 bits per heavy atom. The zero-order valence-electron chi connectivity index (χ0n) is 22.3. The molecule has 2 saturated heterocycles. The van der Waals surface area contributed by atoms with E-state index >= 15 is 0 Å². The maximum atomic E-state index is 10.8. The van der Waals surface area contributed by atoms with Crippen molar-refractivity contribution in [3.8, 4) is 22.9 Å². The zero-order valence-corrected chi connectivity index (χ0v) is 23.8. The van der Waals surface area contributed by atoms with Crippen molar-refractivity contribution in [1.29, 1.82) is 0 Å². The number of rotatable bonds is 9. The molecule has 0 radical (unpaired) electrons. The van der Waals surface area contributed by atoms with Crippen LogP contribution in [0.5, 0.6) is 11.6 Å². The van der Waals surface area contributed by atoms with E-state index in [0.717, 1.165) is 63.2 Å². The molecule has 5 rings (SSSR count). The van der Waals surface area contributed by atoms with Crippen LogP contribution in [0.4, 0.5) is 5.95 Å². The molecule has 2 aromatic heterocycles. The SMILES string of the molecule is CN1CCN(c2ncc(Oc3cc(CN4CCC(OCC(=O)O)CC4)cc(-c4cc(Cl)cc(Cl)c4)n3)cn2)CC1. The van der Waals surface area contributed by atoms with E-state index in [2.05, 4.69) is 31.7 Å². The van der Waals surface area contributed by atoms with Crippen LogP contribution in [0.1, 0.15) is 18.4 Å². The third kappa shape index (κ3) is 7.80. The van der Waals surface area contributed by atoms with Gasteiger partial charge in [0.1, 0.15) is 6.61 Å². The summed E-state index contributed by atoms with van der Waals surface area (Å²) >= 11 is 12.6. The lowest BCUT2D eigenvalue weighted by Gasteiger charge is -2.32. The van der Waals surface area contributed by atoms with Crippen LogP contribution in [-0.4, -0.2) is 94.9 Å². The molecule has 0 spiro atoms. The number of halogens is 2. The Bertz CT molecular complexity index is 1290. The fourth-order valence-corrected chi connectivity index (χ4v) is 5.41. The highest BCUT2D eigenvalue weighted by Gasteiger charge is 2.22. The van der Waals surface area contributed by atoms with E-state index in [1.165, 1.54) is 0 Å². The quantitative estimate of drug-likeness (QED) is 0.386. The van der Waals surface area contributed by atoms with Gasteiger partial charge in [-0.3, -0.25) is 4.90 Å². The summed E-state index contributed by atoms with van der Waals surface area (Å²) in [7, 11) is 2.11. The van der Waals surface area contributed by atoms with Crippen LogP contribution in [0.25, 0.3) is 11.3 Å². The number of ether oxygens (including phenoxy) is 2. The summed E-state index contributed by atoms with van der Waals surface area (Å²) in [5.74, 6) is 0.653. The molecule has 10 nitrogen and oxygen atoms in total. The number of aliphatic carboxylic acids is 1. The van der Waals surface area contributed by atoms with Gasteiger partial charge in [-0.25, -0.2) is 19.7 Å². The summed E-state index contributed by atoms with van der Waals surface area (Å²) < 4.78 is 11.6. The van der Waals surface area contributed by atoms with Crippen LogP contribution >= 0.6 is 23.2 Å². The standard InChI is InChI=1S/C28H32Cl2N6O4/c1-34-6-8-36(9-7-34)28-31-15-24(16-32-28)40-26-11-19(10-25(33-26)20-12-21(29)14-22(30)13-20)17-35-4-2-23(3-5-35)39-18-27(37)38/h10-16,23H,2-9,17-18H2,1H3,(H,37,38). The van der Waals surface area contributed by atoms with E-state index in [1.807, 2.05) is 24.3 Å². The maximum Gasteiger partial charge on any atom is 0.329 e. The van der Waals surface area contributed by atoms with E-state index in [0.29, 0.717) is 39.9 Å². The molecular formula is C28H32Cl2N6O4. The molecule has 3 aromatic rings. The van der Waals surface area contributed by atoms with E-state index in [-0.39, 0.29) is 12.7 Å². The average Bonchev–Trinajstić information content (AvgIpc) is 2.93. The molecule has 4 heterocycles. The number of likely N-dealkylation sites (N-methyl/N-ethyl adjacent to an activating group) is 1. The van der Waals surface area contributed by atoms with Gasteiger partial charge in [0, 0.05) is 67.5 Å². The predicted molar refractivity (Wildman–Crippen MR) is 153 cm³/mol. The van der Waals surface area contributed by atoms with E-state index in [1.54, 1.807) is 18.5 Å². The number of piperazine rings is 1. The predicted octanol–water partition coefficient (Wildman–Crippen LogP) is 4.46. The van der Waals surface area contributed by atoms with Gasteiger partial charge in [0.2, 0.25) is 11.8 Å². The van der Waals surface area contributed by atoms with Gasteiger partial charge in [0.15, 0.2) is 5.75 Å². The lowest BCUT2D eigenvalue weighted by molar-refractivity contribution is -0.145. The highest BCUT2D eigenvalue weighted by Crippen LogP contribution is 2.30. The molecule has 0 saturated carbocycles. The van der Waals surface area contributed by atoms with Crippen LogP contribution in [0.3, 0.4) is 0 Å². The second kappa shape index (κ2) is 13.1. The summed E-state index contributed by atoms with van der Waals surface area (Å²) in [5.41, 5.74) is 2.48. The number of likely N-dealkylation sites (tertiary alicyclic amines) is 1. The molecule has 2 aliphatic heterocycles. The van der Waals surface area contributed by atoms with Gasteiger partial charge in [-0.15, -0.1) is 0 Å². The van der Waals surface area contributed by atoms with Gasteiger partial charge in [-0.1, -0.05) is 23.2 Å². The molecule has 0 amide bonds. The van der Waals surface area contributed by atoms with Crippen molar-refractivity contribution >= 4 is 35.1 Å². The monoisotopic (exact) mass is 586 g/mol. The lowest BCUT2D eigenvalue weighted by atomic mass is 10.1. The molecule has 40 heavy (non-hydrogen) atoms. The third-order valence-electron chi connectivity index (χ3n) is 7.03. The molecule has 2 aliphatic rings. The first-order valence-electron chi connectivity index (χ1n) is 13.3. The van der Waals surface area contributed by atoms with Crippen molar-refractivity contribution in [1.82, 2.24) is 24.8 Å². The Labute approximate surface area is 243 Å². The van der Waals surface area contributed by atoms with Crippen LogP contribution in [0, 0.1) is 0 Å². The normalized spacial score (nSPS) is 17.2. The number of anilines is 1. The van der Waals surface area contributed by atoms with Crippen LogP contribution in [-0.2, 0) is 16.1 Å². The second-order valence-electron chi connectivity index (χ2n) is 10.1. The van der Waals surface area contributed by atoms with Crippen LogP contribution < -0.4 is 9.64 Å². The summed E-state index contributed by atoms with van der Waals surface area (Å²) in [6.45, 7) is 5.71. The smallest absolute Gasteiger partial charge is 0.329 e. The summed E-state index contributed by atoms with van der Waals surface area (Å²) in [4.78, 5) is 31.4. The number of piperidine rings is 1. The number of nitrogens with zero attached hydrogens (tertiary/aromatic N) is 6. The molecule has 0 aliphatic carbocycles. The zero-order chi connectivity index (χ0) is 28.1. The first kappa shape index (κ1) is 28.5. The Kier molecular flexibility index (Phi) is 9.33. The number of aromatic nitrogens is 3. The molecule has 12 heteroatoms. The second-order valence-corrected chi connectivity index (χ2v) is 11.0. The molecule has 1 aromatic carbocycles. The minimum absolute atomic E-state index is 0.0401. The number of carboxylic acids is 1. The van der Waals surface area contributed by atoms with E-state index in [9.17, 15) is 4.79 Å². The number of carboxylic acid groups (broad SMARTS) is 1. The van der Waals surface area contributed by atoms with Crippen LogP contribution in [0.15, 0.2) is 42.7 Å². The molecule has 2 fully saturated rings. The highest BCUT2D eigenvalue weighted by molar-refractivity contribution is 6.35. The molecule has 0 atom stereocenters. The molecular weight excluding hydrogens is 555 g/mol. The minimum atomic E-state index is -0.945. The summed E-state index contributed by atoms with van der Waals surface area (Å²) in [6.07, 6.45) is 4.85. The van der Waals surface area contributed by atoms with Crippen LogP contribution in [0.2, 0.25) is 10.0 Å². The Hall–Kier alpha value is -3.02. The fourth-order valence-electron chi connectivity index (χ4n) is 4.89. The fraction of sp³-hybridized carbons (Fsp3) is 0.429. The third-order valence-corrected chi connectivity index (χ3v) is 7.46. The van der Waals surface area contributed by atoms with Crippen molar-refractivity contribution < 1.29 is 19.4 Å². The van der Waals surface area contributed by atoms with E-state index < -0.39 is 5.97 Å². The Morgan fingerprint density at radius 3 is 2.30 bits per heavy atom. The summed E-state index contributed by atoms with van der Waals surface area (Å²) in [6, 6.07) is 9.25. The largest absolute Gasteiger partial charge is 0.480 e. The van der Waals surface area contributed by atoms with E-state index in [4.69, 9.17) is 42.8 Å². The number of hydrogen-bond donors (Lipinski definition) is 1. The topological polar surface area (TPSA) is 104 Å². The van der Waals surface area contributed by atoms with Gasteiger partial charge < -0.3 is 24.4 Å². The number of pyridine rings is 1. The summed E-state index contributed by atoms with van der Waals surface area (Å²) in [5, 5.41) is 9.92. The Morgan fingerprint density at radius 1 is 0.975 bits per heavy atom.